The van der Waals surface area contributed by atoms with E-state index in [1.807, 2.05) is 11.0 Å². The summed E-state index contributed by atoms with van der Waals surface area (Å²) in [7, 11) is 3.14. The number of carbonyl (C=O) groups is 1. The van der Waals surface area contributed by atoms with Crippen molar-refractivity contribution >= 4 is 17.5 Å². The fourth-order valence-electron chi connectivity index (χ4n) is 2.47. The van der Waals surface area contributed by atoms with Gasteiger partial charge in [-0.1, -0.05) is 17.7 Å². The van der Waals surface area contributed by atoms with E-state index >= 15 is 0 Å². The molecule has 1 aliphatic rings. The zero-order chi connectivity index (χ0) is 15.9. The lowest BCUT2D eigenvalue weighted by atomic mass is 10.1. The highest BCUT2D eigenvalue weighted by molar-refractivity contribution is 6.25. The van der Waals surface area contributed by atoms with E-state index in [0.717, 1.165) is 19.6 Å². The largest absolute Gasteiger partial charge is 0.493 e. The molecule has 0 unspecified atom stereocenters. The fourth-order valence-corrected chi connectivity index (χ4v) is 2.55. The fraction of sp³-hybridized carbons (Fsp3) is 0.438. The first-order valence-electron chi connectivity index (χ1n) is 7.18. The standard InChI is InChI=1S/C16H21ClN2O3/c1-21-14-5-4-13(12-15(14)22-2)16(20)19-10-8-18(9-11-19)7-3-6-17/h3-6,12H,7-11H2,1-2H3/b6-3+. The van der Waals surface area contributed by atoms with Crippen molar-refractivity contribution in [3.05, 3.63) is 35.4 Å². The molecule has 0 saturated carbocycles. The SMILES string of the molecule is COc1ccc(C(=O)N2CCN(C/C=C/Cl)CC2)cc1OC. The first kappa shape index (κ1) is 16.6. The lowest BCUT2D eigenvalue weighted by molar-refractivity contribution is 0.0650. The van der Waals surface area contributed by atoms with Crippen LogP contribution in [-0.4, -0.2) is 62.7 Å². The van der Waals surface area contributed by atoms with Gasteiger partial charge in [0.05, 0.1) is 14.2 Å². The minimum atomic E-state index is 0.0217. The molecule has 1 saturated heterocycles. The quantitative estimate of drug-likeness (QED) is 0.833. The highest BCUT2D eigenvalue weighted by Gasteiger charge is 2.22. The molecule has 1 aromatic carbocycles. The third-order valence-corrected chi connectivity index (χ3v) is 3.92. The molecule has 2 rings (SSSR count). The number of halogens is 1. The van der Waals surface area contributed by atoms with Crippen molar-refractivity contribution in [2.45, 2.75) is 0 Å². The smallest absolute Gasteiger partial charge is 0.254 e. The van der Waals surface area contributed by atoms with E-state index in [4.69, 9.17) is 21.1 Å². The summed E-state index contributed by atoms with van der Waals surface area (Å²) in [5.41, 5.74) is 2.15. The second-order valence-corrected chi connectivity index (χ2v) is 5.28. The lowest BCUT2D eigenvalue weighted by Crippen LogP contribution is -2.48. The number of benzene rings is 1. The topological polar surface area (TPSA) is 42.0 Å². The second-order valence-electron chi connectivity index (χ2n) is 5.02. The molecule has 5 nitrogen and oxygen atoms in total. The van der Waals surface area contributed by atoms with Crippen LogP contribution in [0.4, 0.5) is 0 Å². The Balaban J connectivity index is 2.00. The molecule has 1 aromatic rings. The number of methoxy groups -OCH3 is 2. The van der Waals surface area contributed by atoms with Gasteiger partial charge < -0.3 is 14.4 Å². The summed E-state index contributed by atoms with van der Waals surface area (Å²) in [5.74, 6) is 1.21. The summed E-state index contributed by atoms with van der Waals surface area (Å²) < 4.78 is 10.4. The molecule has 0 aliphatic carbocycles. The van der Waals surface area contributed by atoms with E-state index in [9.17, 15) is 4.79 Å². The zero-order valence-electron chi connectivity index (χ0n) is 12.9. The van der Waals surface area contributed by atoms with Crippen LogP contribution in [0.15, 0.2) is 29.8 Å². The number of rotatable bonds is 5. The van der Waals surface area contributed by atoms with Crippen LogP contribution in [0.5, 0.6) is 11.5 Å². The van der Waals surface area contributed by atoms with Gasteiger partial charge in [0, 0.05) is 43.8 Å². The molecule has 22 heavy (non-hydrogen) atoms. The first-order chi connectivity index (χ1) is 10.7. The Morgan fingerprint density at radius 2 is 1.86 bits per heavy atom. The van der Waals surface area contributed by atoms with Crippen molar-refractivity contribution in [3.8, 4) is 11.5 Å². The van der Waals surface area contributed by atoms with Gasteiger partial charge in [-0.15, -0.1) is 0 Å². The van der Waals surface area contributed by atoms with E-state index in [2.05, 4.69) is 4.90 Å². The predicted octanol–water partition coefficient (Wildman–Crippen LogP) is 2.21. The molecule has 0 radical (unpaired) electrons. The van der Waals surface area contributed by atoms with Crippen LogP contribution >= 0.6 is 11.6 Å². The van der Waals surface area contributed by atoms with E-state index in [1.165, 1.54) is 5.54 Å². The summed E-state index contributed by atoms with van der Waals surface area (Å²) in [5, 5.41) is 0. The molecule has 1 amide bonds. The molecule has 1 aliphatic heterocycles. The van der Waals surface area contributed by atoms with E-state index < -0.39 is 0 Å². The molecule has 0 atom stereocenters. The molecule has 120 valence electrons. The number of carbonyl (C=O) groups excluding carboxylic acids is 1. The number of hydrogen-bond acceptors (Lipinski definition) is 4. The maximum absolute atomic E-state index is 12.6. The first-order valence-corrected chi connectivity index (χ1v) is 7.62. The molecule has 0 spiro atoms. The average molecular weight is 325 g/mol. The summed E-state index contributed by atoms with van der Waals surface area (Å²) in [6.07, 6.45) is 1.91. The Morgan fingerprint density at radius 3 is 2.45 bits per heavy atom. The summed E-state index contributed by atoms with van der Waals surface area (Å²) >= 11 is 5.54. The Labute approximate surface area is 136 Å². The predicted molar refractivity (Wildman–Crippen MR) is 86.9 cm³/mol. The normalized spacial score (nSPS) is 16.0. The maximum atomic E-state index is 12.6. The highest BCUT2D eigenvalue weighted by atomic mass is 35.5. The molecule has 1 heterocycles. The number of hydrogen-bond donors (Lipinski definition) is 0. The van der Waals surface area contributed by atoms with Crippen LogP contribution in [-0.2, 0) is 0 Å². The third-order valence-electron chi connectivity index (χ3n) is 3.74. The van der Waals surface area contributed by atoms with Crippen molar-refractivity contribution in [2.24, 2.45) is 0 Å². The lowest BCUT2D eigenvalue weighted by Gasteiger charge is -2.34. The van der Waals surface area contributed by atoms with Crippen LogP contribution in [0.3, 0.4) is 0 Å². The Kier molecular flexibility index (Phi) is 6.10. The Bertz CT molecular complexity index is 540. The van der Waals surface area contributed by atoms with Gasteiger partial charge in [-0.05, 0) is 18.2 Å². The number of nitrogens with zero attached hydrogens (tertiary/aromatic N) is 2. The van der Waals surface area contributed by atoms with E-state index in [0.29, 0.717) is 30.2 Å². The van der Waals surface area contributed by atoms with Gasteiger partial charge in [-0.2, -0.15) is 0 Å². The van der Waals surface area contributed by atoms with Gasteiger partial charge in [-0.25, -0.2) is 0 Å². The molecular weight excluding hydrogens is 304 g/mol. The van der Waals surface area contributed by atoms with Crippen molar-refractivity contribution < 1.29 is 14.3 Å². The van der Waals surface area contributed by atoms with Gasteiger partial charge in [0.15, 0.2) is 11.5 Å². The monoisotopic (exact) mass is 324 g/mol. The van der Waals surface area contributed by atoms with Crippen LogP contribution in [0.25, 0.3) is 0 Å². The Hall–Kier alpha value is -1.72. The van der Waals surface area contributed by atoms with Crippen molar-refractivity contribution in [1.29, 1.82) is 0 Å². The second kappa shape index (κ2) is 8.06. The van der Waals surface area contributed by atoms with Gasteiger partial charge in [0.1, 0.15) is 0 Å². The molecule has 1 fully saturated rings. The summed E-state index contributed by atoms with van der Waals surface area (Å²) in [6.45, 7) is 3.94. The van der Waals surface area contributed by atoms with Crippen molar-refractivity contribution in [3.63, 3.8) is 0 Å². The Morgan fingerprint density at radius 1 is 1.18 bits per heavy atom. The van der Waals surface area contributed by atoms with Crippen LogP contribution in [0, 0.1) is 0 Å². The van der Waals surface area contributed by atoms with Crippen molar-refractivity contribution in [2.75, 3.05) is 46.9 Å². The van der Waals surface area contributed by atoms with Crippen LogP contribution in [0.1, 0.15) is 10.4 Å². The minimum Gasteiger partial charge on any atom is -0.493 e. The molecule has 0 aromatic heterocycles. The van der Waals surface area contributed by atoms with E-state index in [-0.39, 0.29) is 5.91 Å². The zero-order valence-corrected chi connectivity index (χ0v) is 13.7. The number of ether oxygens (including phenoxy) is 2. The van der Waals surface area contributed by atoms with Gasteiger partial charge in [0.25, 0.3) is 5.91 Å². The molecular formula is C16H21ClN2O3. The summed E-state index contributed by atoms with van der Waals surface area (Å²) in [4.78, 5) is 16.7. The summed E-state index contributed by atoms with van der Waals surface area (Å²) in [6, 6.07) is 5.25. The van der Waals surface area contributed by atoms with Crippen LogP contribution < -0.4 is 9.47 Å². The highest BCUT2D eigenvalue weighted by Crippen LogP contribution is 2.28. The third kappa shape index (κ3) is 3.93. The molecule has 0 bridgehead atoms. The van der Waals surface area contributed by atoms with Gasteiger partial charge in [0.2, 0.25) is 0 Å². The number of amides is 1. The maximum Gasteiger partial charge on any atom is 0.254 e. The molecule has 0 N–H and O–H groups in total. The van der Waals surface area contributed by atoms with Gasteiger partial charge >= 0.3 is 0 Å². The number of piperazine rings is 1. The van der Waals surface area contributed by atoms with E-state index in [1.54, 1.807) is 32.4 Å². The minimum absolute atomic E-state index is 0.0217. The van der Waals surface area contributed by atoms with Gasteiger partial charge in [-0.3, -0.25) is 9.69 Å². The molecule has 6 heteroatoms. The average Bonchev–Trinajstić information content (AvgIpc) is 2.59. The van der Waals surface area contributed by atoms with Crippen LogP contribution in [0.2, 0.25) is 0 Å². The van der Waals surface area contributed by atoms with Crippen molar-refractivity contribution in [1.82, 2.24) is 9.80 Å².